The van der Waals surface area contributed by atoms with E-state index in [4.69, 9.17) is 23.9 Å². The Bertz CT molecular complexity index is 1070. The normalized spacial score (nSPS) is 20.7. The highest BCUT2D eigenvalue weighted by Gasteiger charge is 2.25. The summed E-state index contributed by atoms with van der Waals surface area (Å²) >= 11 is 0. The molecule has 1 aromatic heterocycles. The van der Waals surface area contributed by atoms with Gasteiger partial charge in [-0.2, -0.15) is 0 Å². The number of benzene rings is 2. The van der Waals surface area contributed by atoms with Crippen molar-refractivity contribution in [2.45, 2.75) is 51.6 Å². The molecule has 5 rings (SSSR count). The lowest BCUT2D eigenvalue weighted by atomic mass is 10.1. The van der Waals surface area contributed by atoms with Gasteiger partial charge in [0.15, 0.2) is 6.29 Å². The fourth-order valence-corrected chi connectivity index (χ4v) is 4.73. The molecule has 0 aliphatic carbocycles. The molecule has 6 nitrogen and oxygen atoms in total. The topological polar surface area (TPSA) is 53.1 Å². The molecule has 2 fully saturated rings. The average Bonchev–Trinajstić information content (AvgIpc) is 3.35. The van der Waals surface area contributed by atoms with Crippen molar-refractivity contribution in [3.8, 4) is 5.75 Å². The van der Waals surface area contributed by atoms with Crippen molar-refractivity contribution in [1.29, 1.82) is 0 Å². The second-order valence-electron chi connectivity index (χ2n) is 9.13. The van der Waals surface area contributed by atoms with Crippen LogP contribution in [0.1, 0.15) is 36.9 Å². The zero-order valence-corrected chi connectivity index (χ0v) is 19.9. The molecule has 6 heteroatoms. The van der Waals surface area contributed by atoms with Crippen LogP contribution in [0, 0.1) is 6.92 Å². The number of ether oxygens (including phenoxy) is 4. The molecule has 0 spiro atoms. The van der Waals surface area contributed by atoms with Gasteiger partial charge in [0, 0.05) is 42.5 Å². The number of nitrogens with zero attached hydrogens (tertiary/aromatic N) is 2. The fourth-order valence-electron chi connectivity index (χ4n) is 4.73. The Labute approximate surface area is 201 Å². The van der Waals surface area contributed by atoms with Gasteiger partial charge in [-0.05, 0) is 56.4 Å². The van der Waals surface area contributed by atoms with Gasteiger partial charge in [0.25, 0.3) is 0 Å². The summed E-state index contributed by atoms with van der Waals surface area (Å²) in [6.07, 6.45) is 4.49. The maximum atomic E-state index is 6.12. The van der Waals surface area contributed by atoms with Crippen molar-refractivity contribution in [2.24, 2.45) is 0 Å². The first-order valence-corrected chi connectivity index (χ1v) is 12.4. The number of rotatable bonds is 9. The van der Waals surface area contributed by atoms with E-state index in [-0.39, 0.29) is 12.4 Å². The van der Waals surface area contributed by atoms with E-state index in [2.05, 4.69) is 36.1 Å². The number of hydrogen-bond acceptors (Lipinski definition) is 6. The van der Waals surface area contributed by atoms with E-state index in [1.807, 2.05) is 30.3 Å². The van der Waals surface area contributed by atoms with E-state index in [1.54, 1.807) is 0 Å². The molecule has 2 atom stereocenters. The van der Waals surface area contributed by atoms with E-state index in [9.17, 15) is 0 Å². The maximum Gasteiger partial charge on any atom is 0.157 e. The fraction of sp³-hybridized carbons (Fsp3) is 0.464. The summed E-state index contributed by atoms with van der Waals surface area (Å²) in [6.45, 7) is 6.46. The zero-order chi connectivity index (χ0) is 23.2. The van der Waals surface area contributed by atoms with Crippen molar-refractivity contribution >= 4 is 16.6 Å². The minimum atomic E-state index is -0.0508. The molecule has 0 bridgehead atoms. The van der Waals surface area contributed by atoms with Crippen LogP contribution in [0.3, 0.4) is 0 Å². The molecule has 3 aromatic rings. The van der Waals surface area contributed by atoms with Gasteiger partial charge in [0.2, 0.25) is 0 Å². The highest BCUT2D eigenvalue weighted by molar-refractivity contribution is 5.93. The Morgan fingerprint density at radius 1 is 1.00 bits per heavy atom. The molecule has 34 heavy (non-hydrogen) atoms. The number of anilines is 1. The van der Waals surface area contributed by atoms with E-state index in [0.717, 1.165) is 66.9 Å². The summed E-state index contributed by atoms with van der Waals surface area (Å²) in [5, 5.41) is 1.15. The average molecular weight is 463 g/mol. The van der Waals surface area contributed by atoms with Gasteiger partial charge in [-0.25, -0.2) is 0 Å². The van der Waals surface area contributed by atoms with Crippen LogP contribution in [-0.2, 0) is 20.8 Å². The Morgan fingerprint density at radius 3 is 2.74 bits per heavy atom. The van der Waals surface area contributed by atoms with Gasteiger partial charge in [-0.1, -0.05) is 30.3 Å². The Hall–Kier alpha value is -2.67. The van der Waals surface area contributed by atoms with Gasteiger partial charge in [0.1, 0.15) is 12.4 Å². The molecule has 2 aliphatic rings. The third kappa shape index (κ3) is 5.87. The minimum absolute atomic E-state index is 0.0508. The Morgan fingerprint density at radius 2 is 1.88 bits per heavy atom. The van der Waals surface area contributed by atoms with Crippen molar-refractivity contribution < 1.29 is 18.9 Å². The van der Waals surface area contributed by atoms with Crippen LogP contribution in [0.4, 0.5) is 5.69 Å². The Kier molecular flexibility index (Phi) is 7.59. The van der Waals surface area contributed by atoms with Crippen LogP contribution >= 0.6 is 0 Å². The van der Waals surface area contributed by atoms with Crippen LogP contribution in [0.5, 0.6) is 5.75 Å². The third-order valence-electron chi connectivity index (χ3n) is 6.50. The smallest absolute Gasteiger partial charge is 0.157 e. The van der Waals surface area contributed by atoms with Crippen LogP contribution in [0.2, 0.25) is 0 Å². The molecule has 3 heterocycles. The minimum Gasteiger partial charge on any atom is -0.489 e. The summed E-state index contributed by atoms with van der Waals surface area (Å²) in [5.41, 5.74) is 4.34. The first-order chi connectivity index (χ1) is 16.7. The number of hydrogen-bond donors (Lipinski definition) is 0. The molecular formula is C28H34N2O4. The van der Waals surface area contributed by atoms with Gasteiger partial charge in [0.05, 0.1) is 24.8 Å². The van der Waals surface area contributed by atoms with Gasteiger partial charge < -0.3 is 23.8 Å². The first-order valence-electron chi connectivity index (χ1n) is 12.4. The monoisotopic (exact) mass is 462 g/mol. The molecule has 0 radical (unpaired) electrons. The highest BCUT2D eigenvalue weighted by atomic mass is 16.7. The largest absolute Gasteiger partial charge is 0.489 e. The summed E-state index contributed by atoms with van der Waals surface area (Å²) in [5.74, 6) is 0.838. The van der Waals surface area contributed by atoms with Crippen LogP contribution in [0.25, 0.3) is 10.9 Å². The van der Waals surface area contributed by atoms with Gasteiger partial charge in [-0.15, -0.1) is 0 Å². The summed E-state index contributed by atoms with van der Waals surface area (Å²) < 4.78 is 23.6. The molecular weight excluding hydrogens is 428 g/mol. The van der Waals surface area contributed by atoms with E-state index >= 15 is 0 Å². The molecule has 180 valence electrons. The molecule has 2 aliphatic heterocycles. The molecule has 0 amide bonds. The summed E-state index contributed by atoms with van der Waals surface area (Å²) in [7, 11) is 0. The lowest BCUT2D eigenvalue weighted by Gasteiger charge is -2.23. The second kappa shape index (κ2) is 11.2. The third-order valence-corrected chi connectivity index (χ3v) is 6.50. The van der Waals surface area contributed by atoms with Crippen molar-refractivity contribution in [1.82, 2.24) is 4.98 Å². The van der Waals surface area contributed by atoms with Crippen molar-refractivity contribution in [3.05, 3.63) is 65.9 Å². The predicted octanol–water partition coefficient (Wildman–Crippen LogP) is 5.26. The van der Waals surface area contributed by atoms with E-state index in [0.29, 0.717) is 19.8 Å². The number of fused-ring (bicyclic) bond motifs is 1. The van der Waals surface area contributed by atoms with Gasteiger partial charge in [-0.3, -0.25) is 4.98 Å². The van der Waals surface area contributed by atoms with Crippen LogP contribution in [0.15, 0.2) is 54.6 Å². The Balaban J connectivity index is 1.18. The number of aromatic nitrogens is 1. The summed E-state index contributed by atoms with van der Waals surface area (Å²) in [6, 6.07) is 18.6. The summed E-state index contributed by atoms with van der Waals surface area (Å²) in [4.78, 5) is 7.20. The number of aryl methyl sites for hydroxylation is 1. The second-order valence-corrected chi connectivity index (χ2v) is 9.13. The quantitative estimate of drug-likeness (QED) is 0.404. The van der Waals surface area contributed by atoms with Crippen molar-refractivity contribution in [3.63, 3.8) is 0 Å². The highest BCUT2D eigenvalue weighted by Crippen LogP contribution is 2.32. The van der Waals surface area contributed by atoms with Crippen LogP contribution < -0.4 is 9.64 Å². The predicted molar refractivity (Wildman–Crippen MR) is 133 cm³/mol. The first kappa shape index (κ1) is 23.1. The van der Waals surface area contributed by atoms with Crippen molar-refractivity contribution in [2.75, 3.05) is 37.8 Å². The van der Waals surface area contributed by atoms with E-state index in [1.165, 1.54) is 12.1 Å². The molecule has 2 saturated heterocycles. The van der Waals surface area contributed by atoms with Crippen LogP contribution in [-0.4, -0.2) is 50.3 Å². The molecule has 0 N–H and O–H groups in total. The number of pyridine rings is 1. The lowest BCUT2D eigenvalue weighted by Crippen LogP contribution is -2.26. The molecule has 1 unspecified atom stereocenters. The molecule has 2 aromatic carbocycles. The lowest BCUT2D eigenvalue weighted by molar-refractivity contribution is -0.170. The van der Waals surface area contributed by atoms with E-state index < -0.39 is 0 Å². The maximum absolute atomic E-state index is 6.12. The SMILES string of the molecule is Cc1cc(N2CC[C@H](OCCOC3CCCCO3)C2)c2ccc(OCc3ccccc3)cc2n1. The zero-order valence-electron chi connectivity index (χ0n) is 19.9. The molecule has 0 saturated carbocycles. The standard InChI is InChI=1S/C28H34N2O4/c1-21-17-27(30-13-12-24(19-30)31-15-16-33-28-9-5-6-14-32-28)25-11-10-23(18-26(25)29-21)34-20-22-7-3-2-4-8-22/h2-4,7-8,10-11,17-18,24,28H,5-6,9,12-16,19-20H2,1H3/t24-,28?/m0/s1. The van der Waals surface area contributed by atoms with Gasteiger partial charge >= 0.3 is 0 Å².